The molecule has 0 spiro atoms. The first-order valence-corrected chi connectivity index (χ1v) is 7.56. The number of esters is 1. The summed E-state index contributed by atoms with van der Waals surface area (Å²) < 4.78 is 4.77. The van der Waals surface area contributed by atoms with E-state index in [1.54, 1.807) is 12.1 Å². The SMILES string of the molecule is COC(=O)c1c(C(=O)O)cc(C#Cc2ccccc2)c2ccccc12. The number of aromatic carboxylic acids is 1. The maximum Gasteiger partial charge on any atom is 0.339 e. The van der Waals surface area contributed by atoms with E-state index in [0.717, 1.165) is 5.56 Å². The summed E-state index contributed by atoms with van der Waals surface area (Å²) in [6, 6.07) is 17.9. The van der Waals surface area contributed by atoms with Crippen LogP contribution in [0.2, 0.25) is 0 Å². The Morgan fingerprint density at radius 3 is 2.20 bits per heavy atom. The predicted molar refractivity (Wildman–Crippen MR) is 94.7 cm³/mol. The average Bonchev–Trinajstić information content (AvgIpc) is 2.65. The van der Waals surface area contributed by atoms with Crippen LogP contribution in [-0.4, -0.2) is 24.2 Å². The van der Waals surface area contributed by atoms with Gasteiger partial charge < -0.3 is 9.84 Å². The molecular formula is C21H14O4. The number of rotatable bonds is 2. The van der Waals surface area contributed by atoms with E-state index in [2.05, 4.69) is 11.8 Å². The second-order valence-corrected chi connectivity index (χ2v) is 5.31. The molecule has 0 heterocycles. The van der Waals surface area contributed by atoms with Crippen molar-refractivity contribution in [3.8, 4) is 11.8 Å². The van der Waals surface area contributed by atoms with Crippen molar-refractivity contribution in [3.63, 3.8) is 0 Å². The monoisotopic (exact) mass is 330 g/mol. The standard InChI is InChI=1S/C21H14O4/c1-25-21(24)19-17-10-6-5-9-16(17)15(13-18(19)20(22)23)12-11-14-7-3-2-4-8-14/h2-10,13H,1H3,(H,22,23). The lowest BCUT2D eigenvalue weighted by Gasteiger charge is -2.10. The first-order valence-electron chi connectivity index (χ1n) is 7.56. The molecule has 0 atom stereocenters. The fourth-order valence-corrected chi connectivity index (χ4v) is 2.63. The third-order valence-electron chi connectivity index (χ3n) is 3.78. The Balaban J connectivity index is 2.29. The lowest BCUT2D eigenvalue weighted by atomic mass is 9.94. The number of fused-ring (bicyclic) bond motifs is 1. The molecule has 0 amide bonds. The first kappa shape index (κ1) is 16.3. The Morgan fingerprint density at radius 1 is 0.920 bits per heavy atom. The Bertz CT molecular complexity index is 1020. The van der Waals surface area contributed by atoms with Gasteiger partial charge in [0.25, 0.3) is 0 Å². The highest BCUT2D eigenvalue weighted by atomic mass is 16.5. The van der Waals surface area contributed by atoms with Crippen molar-refractivity contribution in [3.05, 3.63) is 82.9 Å². The number of ether oxygens (including phenoxy) is 1. The molecule has 0 aromatic heterocycles. The van der Waals surface area contributed by atoms with Gasteiger partial charge in [0, 0.05) is 11.1 Å². The van der Waals surface area contributed by atoms with Gasteiger partial charge in [-0.3, -0.25) is 0 Å². The number of hydrogen-bond acceptors (Lipinski definition) is 3. The molecule has 0 bridgehead atoms. The number of carboxylic acids is 1. The highest BCUT2D eigenvalue weighted by Crippen LogP contribution is 2.27. The minimum Gasteiger partial charge on any atom is -0.478 e. The molecule has 122 valence electrons. The van der Waals surface area contributed by atoms with Gasteiger partial charge in [0.2, 0.25) is 0 Å². The third-order valence-corrected chi connectivity index (χ3v) is 3.78. The van der Waals surface area contributed by atoms with Gasteiger partial charge in [0.15, 0.2) is 0 Å². The molecular weight excluding hydrogens is 316 g/mol. The summed E-state index contributed by atoms with van der Waals surface area (Å²) in [7, 11) is 1.23. The van der Waals surface area contributed by atoms with Gasteiger partial charge in [0.05, 0.1) is 18.2 Å². The summed E-state index contributed by atoms with van der Waals surface area (Å²) >= 11 is 0. The van der Waals surface area contributed by atoms with Crippen LogP contribution in [0, 0.1) is 11.8 Å². The van der Waals surface area contributed by atoms with Crippen molar-refractivity contribution in [2.75, 3.05) is 7.11 Å². The van der Waals surface area contributed by atoms with Crippen LogP contribution in [0.5, 0.6) is 0 Å². The molecule has 3 aromatic rings. The van der Waals surface area contributed by atoms with Crippen LogP contribution in [0.4, 0.5) is 0 Å². The number of carboxylic acid groups (broad SMARTS) is 1. The predicted octanol–water partition coefficient (Wildman–Crippen LogP) is 3.72. The summed E-state index contributed by atoms with van der Waals surface area (Å²) in [5.41, 5.74) is 1.28. The molecule has 1 N–H and O–H groups in total. The Morgan fingerprint density at radius 2 is 1.56 bits per heavy atom. The smallest absolute Gasteiger partial charge is 0.339 e. The molecule has 0 unspecified atom stereocenters. The van der Waals surface area contributed by atoms with Gasteiger partial charge in [-0.2, -0.15) is 0 Å². The van der Waals surface area contributed by atoms with Crippen molar-refractivity contribution in [2.24, 2.45) is 0 Å². The number of carbonyl (C=O) groups is 2. The molecule has 3 aromatic carbocycles. The Hall–Kier alpha value is -3.58. The van der Waals surface area contributed by atoms with Crippen LogP contribution in [0.15, 0.2) is 60.7 Å². The molecule has 4 nitrogen and oxygen atoms in total. The Labute approximate surface area is 144 Å². The van der Waals surface area contributed by atoms with Crippen molar-refractivity contribution in [1.82, 2.24) is 0 Å². The van der Waals surface area contributed by atoms with Gasteiger partial charge in [-0.1, -0.05) is 54.3 Å². The maximum atomic E-state index is 12.1. The summed E-state index contributed by atoms with van der Waals surface area (Å²) in [6.07, 6.45) is 0. The second-order valence-electron chi connectivity index (χ2n) is 5.31. The summed E-state index contributed by atoms with van der Waals surface area (Å²) in [5.74, 6) is 4.16. The van der Waals surface area contributed by atoms with Gasteiger partial charge >= 0.3 is 11.9 Å². The summed E-state index contributed by atoms with van der Waals surface area (Å²) in [4.78, 5) is 23.8. The molecule has 0 radical (unpaired) electrons. The van der Waals surface area contributed by atoms with E-state index in [1.165, 1.54) is 13.2 Å². The topological polar surface area (TPSA) is 63.6 Å². The van der Waals surface area contributed by atoms with Crippen LogP contribution < -0.4 is 0 Å². The number of carbonyl (C=O) groups excluding carboxylic acids is 1. The van der Waals surface area contributed by atoms with Gasteiger partial charge in [-0.25, -0.2) is 9.59 Å². The lowest BCUT2D eigenvalue weighted by molar-refractivity contribution is 0.0585. The number of benzene rings is 3. The second kappa shape index (κ2) is 6.90. The van der Waals surface area contributed by atoms with E-state index < -0.39 is 11.9 Å². The normalized spacial score (nSPS) is 9.96. The zero-order chi connectivity index (χ0) is 17.8. The zero-order valence-corrected chi connectivity index (χ0v) is 13.4. The van der Waals surface area contributed by atoms with Gasteiger partial charge in [-0.05, 0) is 29.0 Å². The molecule has 0 aliphatic carbocycles. The van der Waals surface area contributed by atoms with Crippen LogP contribution >= 0.6 is 0 Å². The number of hydrogen-bond donors (Lipinski definition) is 1. The van der Waals surface area contributed by atoms with Crippen molar-refractivity contribution < 1.29 is 19.4 Å². The maximum absolute atomic E-state index is 12.1. The molecule has 4 heteroatoms. The van der Waals surface area contributed by atoms with E-state index >= 15 is 0 Å². The fourth-order valence-electron chi connectivity index (χ4n) is 2.63. The molecule has 0 aliphatic heterocycles. The van der Waals surface area contributed by atoms with Gasteiger partial charge in [-0.15, -0.1) is 0 Å². The Kier molecular flexibility index (Phi) is 4.49. The minimum absolute atomic E-state index is 0.0378. The molecule has 3 rings (SSSR count). The zero-order valence-electron chi connectivity index (χ0n) is 13.4. The largest absolute Gasteiger partial charge is 0.478 e. The summed E-state index contributed by atoms with van der Waals surface area (Å²) in [5, 5.41) is 10.7. The van der Waals surface area contributed by atoms with Crippen molar-refractivity contribution in [1.29, 1.82) is 0 Å². The average molecular weight is 330 g/mol. The fraction of sp³-hybridized carbons (Fsp3) is 0.0476. The molecule has 0 aliphatic rings. The third kappa shape index (κ3) is 3.22. The minimum atomic E-state index is -1.20. The van der Waals surface area contributed by atoms with E-state index in [-0.39, 0.29) is 11.1 Å². The van der Waals surface area contributed by atoms with E-state index in [0.29, 0.717) is 16.3 Å². The van der Waals surface area contributed by atoms with E-state index in [4.69, 9.17) is 4.74 Å². The summed E-state index contributed by atoms with van der Waals surface area (Å²) in [6.45, 7) is 0. The highest BCUT2D eigenvalue weighted by molar-refractivity contribution is 6.13. The first-order chi connectivity index (χ1) is 12.1. The van der Waals surface area contributed by atoms with E-state index in [9.17, 15) is 14.7 Å². The van der Waals surface area contributed by atoms with Gasteiger partial charge in [0.1, 0.15) is 0 Å². The van der Waals surface area contributed by atoms with Crippen LogP contribution in [0.25, 0.3) is 10.8 Å². The van der Waals surface area contributed by atoms with Crippen LogP contribution in [0.1, 0.15) is 31.8 Å². The van der Waals surface area contributed by atoms with Crippen molar-refractivity contribution >= 4 is 22.7 Å². The quantitative estimate of drug-likeness (QED) is 0.574. The molecule has 0 fully saturated rings. The molecule has 25 heavy (non-hydrogen) atoms. The van der Waals surface area contributed by atoms with Crippen LogP contribution in [-0.2, 0) is 4.74 Å². The number of methoxy groups -OCH3 is 1. The highest BCUT2D eigenvalue weighted by Gasteiger charge is 2.22. The van der Waals surface area contributed by atoms with Crippen molar-refractivity contribution in [2.45, 2.75) is 0 Å². The van der Waals surface area contributed by atoms with E-state index in [1.807, 2.05) is 42.5 Å². The lowest BCUT2D eigenvalue weighted by Crippen LogP contribution is -2.11. The van der Waals surface area contributed by atoms with Crippen LogP contribution in [0.3, 0.4) is 0 Å². The molecule has 0 saturated heterocycles. The molecule has 0 saturated carbocycles.